The molecule has 0 heterocycles. The molecule has 1 N–H and O–H groups in total. The van der Waals surface area contributed by atoms with Crippen LogP contribution in [0.2, 0.25) is 5.02 Å². The van der Waals surface area contributed by atoms with Crippen molar-refractivity contribution >= 4 is 23.7 Å². The molecule has 1 atom stereocenters. The molecule has 0 fully saturated rings. The number of aliphatic hydroxyl groups excluding tert-OH is 1. The van der Waals surface area contributed by atoms with Crippen LogP contribution in [-0.4, -0.2) is 47.9 Å². The van der Waals surface area contributed by atoms with E-state index in [1.54, 1.807) is 41.3 Å². The summed E-state index contributed by atoms with van der Waals surface area (Å²) in [5.41, 5.74) is 3.70. The molecule has 1 amide bonds. The average molecular weight is 524 g/mol. The Hall–Kier alpha value is -3.35. The summed E-state index contributed by atoms with van der Waals surface area (Å²) in [5.74, 6) is -0.359. The molecule has 3 aromatic rings. The fourth-order valence-corrected chi connectivity index (χ4v) is 4.06. The first kappa shape index (κ1) is 28.2. The summed E-state index contributed by atoms with van der Waals surface area (Å²) < 4.78 is 10.3. The summed E-state index contributed by atoms with van der Waals surface area (Å²) in [4.78, 5) is 26.0. The maximum atomic E-state index is 12.9. The van der Waals surface area contributed by atoms with E-state index in [0.29, 0.717) is 29.1 Å². The fourth-order valence-electron chi connectivity index (χ4n) is 3.87. The highest BCUT2D eigenvalue weighted by Crippen LogP contribution is 2.23. The van der Waals surface area contributed by atoms with Crippen LogP contribution in [0.4, 0.5) is 4.79 Å². The van der Waals surface area contributed by atoms with Crippen LogP contribution >= 0.6 is 11.6 Å². The molecule has 0 radical (unpaired) electrons. The Kier molecular flexibility index (Phi) is 9.73. The van der Waals surface area contributed by atoms with Crippen molar-refractivity contribution in [3.05, 3.63) is 94.5 Å². The van der Waals surface area contributed by atoms with E-state index in [4.69, 9.17) is 21.1 Å². The summed E-state index contributed by atoms with van der Waals surface area (Å²) in [6, 6.07) is 22.5. The molecule has 0 bridgehead atoms. The topological polar surface area (TPSA) is 76.1 Å². The molecular formula is C30H34ClNO5. The van der Waals surface area contributed by atoms with Gasteiger partial charge in [-0.3, -0.25) is 0 Å². The van der Waals surface area contributed by atoms with Crippen LogP contribution in [0.5, 0.6) is 0 Å². The molecule has 6 nitrogen and oxygen atoms in total. The van der Waals surface area contributed by atoms with Gasteiger partial charge in [-0.15, -0.1) is 0 Å². The maximum absolute atomic E-state index is 12.9. The smallest absolute Gasteiger partial charge is 0.410 e. The van der Waals surface area contributed by atoms with E-state index in [2.05, 4.69) is 12.1 Å². The zero-order valence-corrected chi connectivity index (χ0v) is 22.5. The van der Waals surface area contributed by atoms with Gasteiger partial charge in [0.25, 0.3) is 0 Å². The molecule has 37 heavy (non-hydrogen) atoms. The van der Waals surface area contributed by atoms with Crippen molar-refractivity contribution < 1.29 is 24.2 Å². The van der Waals surface area contributed by atoms with Crippen LogP contribution < -0.4 is 0 Å². The maximum Gasteiger partial charge on any atom is 0.410 e. The molecule has 7 heteroatoms. The fraction of sp³-hybridized carbons (Fsp3) is 0.333. The lowest BCUT2D eigenvalue weighted by molar-refractivity contribution is 0.0142. The molecule has 0 saturated carbocycles. The van der Waals surface area contributed by atoms with E-state index in [-0.39, 0.29) is 12.5 Å². The number of benzene rings is 3. The largest absolute Gasteiger partial charge is 0.465 e. The number of methoxy groups -OCH3 is 1. The molecule has 0 spiro atoms. The second-order valence-corrected chi connectivity index (χ2v) is 10.3. The first-order valence-corrected chi connectivity index (χ1v) is 12.6. The number of halogens is 1. The van der Waals surface area contributed by atoms with Gasteiger partial charge in [0.1, 0.15) is 5.60 Å². The Labute approximate surface area is 223 Å². The minimum atomic E-state index is -0.879. The number of nitrogens with zero attached hydrogens (tertiary/aromatic N) is 1. The summed E-state index contributed by atoms with van der Waals surface area (Å²) in [6.45, 7) is 6.00. The van der Waals surface area contributed by atoms with Gasteiger partial charge in [-0.25, -0.2) is 9.59 Å². The number of rotatable bonds is 9. The van der Waals surface area contributed by atoms with Crippen LogP contribution in [0.25, 0.3) is 11.1 Å². The van der Waals surface area contributed by atoms with Crippen molar-refractivity contribution in [1.82, 2.24) is 4.90 Å². The van der Waals surface area contributed by atoms with Crippen LogP contribution in [0.15, 0.2) is 72.8 Å². The standard InChI is InChI=1S/C30H34ClNO5/c1-30(2,3)37-29(35)32(20-27(33)25-8-5-9-26(31)19-25)18-6-7-21-10-12-22(13-11-21)23-14-16-24(17-15-23)28(34)36-4/h5,8-17,19,27,33H,6-7,18,20H2,1-4H3/t27-/m0/s1. The van der Waals surface area contributed by atoms with Gasteiger partial charge < -0.3 is 19.5 Å². The number of aliphatic hydroxyl groups is 1. The number of carbonyl (C=O) groups is 2. The molecule has 0 aliphatic heterocycles. The lowest BCUT2D eigenvalue weighted by atomic mass is 10.0. The number of hydrogen-bond acceptors (Lipinski definition) is 5. The monoisotopic (exact) mass is 523 g/mol. The van der Waals surface area contributed by atoms with Crippen LogP contribution in [-0.2, 0) is 15.9 Å². The van der Waals surface area contributed by atoms with Crippen molar-refractivity contribution in [2.45, 2.75) is 45.3 Å². The van der Waals surface area contributed by atoms with Crippen LogP contribution in [0.1, 0.15) is 54.8 Å². The van der Waals surface area contributed by atoms with Gasteiger partial charge >= 0.3 is 12.1 Å². The SMILES string of the molecule is COC(=O)c1ccc(-c2ccc(CCCN(C[C@H](O)c3cccc(Cl)c3)C(=O)OC(C)(C)C)cc2)cc1. The highest BCUT2D eigenvalue weighted by Gasteiger charge is 2.24. The molecule has 0 unspecified atom stereocenters. The summed E-state index contributed by atoms with van der Waals surface area (Å²) in [7, 11) is 1.36. The van der Waals surface area contributed by atoms with E-state index in [0.717, 1.165) is 23.1 Å². The van der Waals surface area contributed by atoms with Crippen molar-refractivity contribution in [2.24, 2.45) is 0 Å². The van der Waals surface area contributed by atoms with Crippen LogP contribution in [0, 0.1) is 0 Å². The highest BCUT2D eigenvalue weighted by molar-refractivity contribution is 6.30. The lowest BCUT2D eigenvalue weighted by Crippen LogP contribution is -2.40. The third-order valence-corrected chi connectivity index (χ3v) is 6.00. The second-order valence-electron chi connectivity index (χ2n) is 9.87. The van der Waals surface area contributed by atoms with Gasteiger partial charge in [0.05, 0.1) is 25.3 Å². The highest BCUT2D eigenvalue weighted by atomic mass is 35.5. The minimum absolute atomic E-state index is 0.107. The Bertz CT molecular complexity index is 1190. The van der Waals surface area contributed by atoms with E-state index < -0.39 is 17.8 Å². The van der Waals surface area contributed by atoms with Gasteiger partial charge in [-0.2, -0.15) is 0 Å². The van der Waals surface area contributed by atoms with E-state index in [9.17, 15) is 14.7 Å². The quantitative estimate of drug-likeness (QED) is 0.316. The van der Waals surface area contributed by atoms with Crippen molar-refractivity contribution in [3.63, 3.8) is 0 Å². The minimum Gasteiger partial charge on any atom is -0.465 e. The first-order valence-electron chi connectivity index (χ1n) is 12.2. The molecule has 0 aromatic heterocycles. The zero-order chi connectivity index (χ0) is 27.0. The molecule has 196 valence electrons. The Morgan fingerprint density at radius 1 is 0.973 bits per heavy atom. The summed E-state index contributed by atoms with van der Waals surface area (Å²) >= 11 is 6.07. The predicted molar refractivity (Wildman–Crippen MR) is 146 cm³/mol. The van der Waals surface area contributed by atoms with Gasteiger partial charge in [0.2, 0.25) is 0 Å². The zero-order valence-electron chi connectivity index (χ0n) is 21.7. The van der Waals surface area contributed by atoms with Gasteiger partial charge in [0, 0.05) is 11.6 Å². The van der Waals surface area contributed by atoms with E-state index in [1.165, 1.54) is 7.11 Å². The predicted octanol–water partition coefficient (Wildman–Crippen LogP) is 6.70. The van der Waals surface area contributed by atoms with Gasteiger partial charge in [-0.05, 0) is 80.1 Å². The number of ether oxygens (including phenoxy) is 2. The number of aryl methyl sites for hydroxylation is 1. The van der Waals surface area contributed by atoms with Crippen molar-refractivity contribution in [1.29, 1.82) is 0 Å². The number of amides is 1. The molecule has 3 aromatic carbocycles. The van der Waals surface area contributed by atoms with Crippen molar-refractivity contribution in [3.8, 4) is 11.1 Å². The van der Waals surface area contributed by atoms with E-state index in [1.807, 2.05) is 45.0 Å². The summed E-state index contributed by atoms with van der Waals surface area (Å²) in [5, 5.41) is 11.3. The van der Waals surface area contributed by atoms with Crippen LogP contribution in [0.3, 0.4) is 0 Å². The molecule has 0 aliphatic carbocycles. The number of hydrogen-bond donors (Lipinski definition) is 1. The average Bonchev–Trinajstić information content (AvgIpc) is 2.87. The van der Waals surface area contributed by atoms with Crippen molar-refractivity contribution in [2.75, 3.05) is 20.2 Å². The number of carbonyl (C=O) groups excluding carboxylic acids is 2. The molecule has 0 saturated heterocycles. The normalized spacial score (nSPS) is 12.1. The first-order chi connectivity index (χ1) is 17.6. The van der Waals surface area contributed by atoms with Gasteiger partial charge in [-0.1, -0.05) is 60.1 Å². The van der Waals surface area contributed by atoms with Gasteiger partial charge in [0.15, 0.2) is 0 Å². The Morgan fingerprint density at radius 2 is 1.59 bits per heavy atom. The third kappa shape index (κ3) is 8.62. The third-order valence-electron chi connectivity index (χ3n) is 5.77. The Morgan fingerprint density at radius 3 is 2.16 bits per heavy atom. The lowest BCUT2D eigenvalue weighted by Gasteiger charge is -2.29. The summed E-state index contributed by atoms with van der Waals surface area (Å²) in [6.07, 6.45) is 0.124. The Balaban J connectivity index is 1.62. The molecule has 3 rings (SSSR count). The molecular weight excluding hydrogens is 490 g/mol. The number of esters is 1. The molecule has 0 aliphatic rings. The second kappa shape index (κ2) is 12.7. The van der Waals surface area contributed by atoms with E-state index >= 15 is 0 Å².